The second-order valence-corrected chi connectivity index (χ2v) is 11.7. The van der Waals surface area contributed by atoms with Crippen molar-refractivity contribution in [3.8, 4) is 22.6 Å². The maximum absolute atomic E-state index is 12.7. The van der Waals surface area contributed by atoms with Gasteiger partial charge in [-0.05, 0) is 45.4 Å². The van der Waals surface area contributed by atoms with Crippen LogP contribution in [-0.4, -0.2) is 39.5 Å². The number of nitrogens with zero attached hydrogens (tertiary/aromatic N) is 4. The van der Waals surface area contributed by atoms with Crippen LogP contribution < -0.4 is 10.1 Å². The minimum absolute atomic E-state index is 0.0102. The number of fused-ring (bicyclic) bond motifs is 6. The van der Waals surface area contributed by atoms with E-state index in [-0.39, 0.29) is 5.75 Å². The summed E-state index contributed by atoms with van der Waals surface area (Å²) in [6.07, 6.45) is 2.34. The van der Waals surface area contributed by atoms with Crippen molar-refractivity contribution in [3.05, 3.63) is 52.7 Å². The summed E-state index contributed by atoms with van der Waals surface area (Å²) < 4.78 is 34.8. The van der Waals surface area contributed by atoms with Crippen LogP contribution in [0.25, 0.3) is 27.7 Å². The van der Waals surface area contributed by atoms with Crippen molar-refractivity contribution < 1.29 is 13.2 Å². The van der Waals surface area contributed by atoms with Gasteiger partial charge in [-0.3, -0.25) is 4.57 Å². The first-order valence-corrected chi connectivity index (χ1v) is 13.2. The monoisotopic (exact) mass is 497 g/mol. The van der Waals surface area contributed by atoms with E-state index >= 15 is 0 Å². The van der Waals surface area contributed by atoms with Gasteiger partial charge in [0.25, 0.3) is 0 Å². The maximum Gasteiger partial charge on any atom is 0.238 e. The molecule has 34 heavy (non-hydrogen) atoms. The average molecular weight is 498 g/mol. The molecule has 0 atom stereocenters. The van der Waals surface area contributed by atoms with Crippen molar-refractivity contribution in [1.82, 2.24) is 18.7 Å². The molecule has 0 amide bonds. The minimum atomic E-state index is -3.45. The van der Waals surface area contributed by atoms with Crippen molar-refractivity contribution in [2.24, 2.45) is 0 Å². The van der Waals surface area contributed by atoms with Gasteiger partial charge in [-0.25, -0.2) is 12.4 Å². The Labute approximate surface area is 202 Å². The van der Waals surface area contributed by atoms with Gasteiger partial charge in [-0.1, -0.05) is 23.7 Å². The highest BCUT2D eigenvalue weighted by Crippen LogP contribution is 2.54. The molecule has 2 aromatic heterocycles. The summed E-state index contributed by atoms with van der Waals surface area (Å²) in [5.74, 6) is 2.27. The standard InChI is InChI=1S/C24H24ClN5O3S/c1-5-34(31,32)29-11-9-14-15(7-6-8-17(14)29)18-19(25)21-20(16-10-12-33-22(16)18)26-24(3,4)23-28-27-13(2)30(21)23/h6-9,11,26H,5,10,12H2,1-4H3. The fourth-order valence-corrected chi connectivity index (χ4v) is 6.47. The Kier molecular flexibility index (Phi) is 4.42. The number of aryl methyl sites for hydroxylation is 1. The van der Waals surface area contributed by atoms with Crippen LogP contribution in [0.1, 0.15) is 38.0 Å². The van der Waals surface area contributed by atoms with Gasteiger partial charge in [-0.15, -0.1) is 10.2 Å². The first kappa shape index (κ1) is 21.5. The molecule has 2 aromatic carbocycles. The van der Waals surface area contributed by atoms with Crippen LogP contribution in [0.2, 0.25) is 5.02 Å². The van der Waals surface area contributed by atoms with Gasteiger partial charge in [0.15, 0.2) is 5.82 Å². The molecule has 8 nitrogen and oxygen atoms in total. The molecule has 10 heteroatoms. The normalized spacial score (nSPS) is 16.0. The van der Waals surface area contributed by atoms with E-state index in [0.29, 0.717) is 17.1 Å². The van der Waals surface area contributed by atoms with E-state index in [1.807, 2.05) is 35.8 Å². The smallest absolute Gasteiger partial charge is 0.238 e. The molecular weight excluding hydrogens is 474 g/mol. The Morgan fingerprint density at radius 2 is 2.03 bits per heavy atom. The third kappa shape index (κ3) is 2.74. The molecule has 0 fully saturated rings. The van der Waals surface area contributed by atoms with E-state index in [1.165, 1.54) is 3.97 Å². The van der Waals surface area contributed by atoms with Crippen LogP contribution in [0.5, 0.6) is 5.75 Å². The molecular formula is C24H24ClN5O3S. The molecule has 176 valence electrons. The number of nitrogens with one attached hydrogen (secondary N) is 1. The summed E-state index contributed by atoms with van der Waals surface area (Å²) in [5.41, 5.74) is 4.53. The Morgan fingerprint density at radius 1 is 1.24 bits per heavy atom. The van der Waals surface area contributed by atoms with Gasteiger partial charge >= 0.3 is 0 Å². The molecule has 4 aromatic rings. The number of hydrogen-bond donors (Lipinski definition) is 1. The first-order valence-electron chi connectivity index (χ1n) is 11.2. The summed E-state index contributed by atoms with van der Waals surface area (Å²) >= 11 is 7.20. The lowest BCUT2D eigenvalue weighted by atomic mass is 9.92. The van der Waals surface area contributed by atoms with Gasteiger partial charge in [0.05, 0.1) is 39.8 Å². The molecule has 2 aliphatic heterocycles. The van der Waals surface area contributed by atoms with Crippen LogP contribution >= 0.6 is 11.6 Å². The van der Waals surface area contributed by atoms with Crippen molar-refractivity contribution in [2.75, 3.05) is 17.7 Å². The number of aromatic nitrogens is 4. The van der Waals surface area contributed by atoms with Crippen LogP contribution in [0.4, 0.5) is 5.69 Å². The molecule has 2 aliphatic rings. The number of anilines is 1. The van der Waals surface area contributed by atoms with Gasteiger partial charge < -0.3 is 10.1 Å². The SMILES string of the molecule is CCS(=O)(=O)n1ccc2c(-c3c(Cl)c4c(c5c3OCC5)NC(C)(C)c3nnc(C)n3-4)cccc21. The molecule has 0 bridgehead atoms. The van der Waals surface area contributed by atoms with Crippen molar-refractivity contribution in [2.45, 2.75) is 39.7 Å². The number of halogens is 1. The lowest BCUT2D eigenvalue weighted by molar-refractivity contribution is 0.358. The Balaban J connectivity index is 1.70. The summed E-state index contributed by atoms with van der Waals surface area (Å²) in [5, 5.41) is 13.7. The molecule has 6 rings (SSSR count). The molecule has 0 aliphatic carbocycles. The Morgan fingerprint density at radius 3 is 2.79 bits per heavy atom. The van der Waals surface area contributed by atoms with E-state index < -0.39 is 15.6 Å². The largest absolute Gasteiger partial charge is 0.492 e. The van der Waals surface area contributed by atoms with Gasteiger partial charge in [0.1, 0.15) is 11.6 Å². The Hall–Kier alpha value is -3.04. The second-order valence-electron chi connectivity index (χ2n) is 9.23. The number of hydrogen-bond acceptors (Lipinski definition) is 6. The van der Waals surface area contributed by atoms with Crippen molar-refractivity contribution >= 4 is 38.2 Å². The summed E-state index contributed by atoms with van der Waals surface area (Å²) in [6, 6.07) is 7.45. The zero-order chi connectivity index (χ0) is 24.0. The second kappa shape index (κ2) is 6.99. The van der Waals surface area contributed by atoms with Crippen LogP contribution in [0.3, 0.4) is 0 Å². The summed E-state index contributed by atoms with van der Waals surface area (Å²) in [7, 11) is -3.45. The highest BCUT2D eigenvalue weighted by atomic mass is 35.5. The van der Waals surface area contributed by atoms with Crippen LogP contribution in [0, 0.1) is 6.92 Å². The van der Waals surface area contributed by atoms with Gasteiger partial charge in [0, 0.05) is 29.1 Å². The minimum Gasteiger partial charge on any atom is -0.492 e. The Bertz CT molecular complexity index is 1620. The number of rotatable bonds is 3. The predicted molar refractivity (Wildman–Crippen MR) is 133 cm³/mol. The average Bonchev–Trinajstić information content (AvgIpc) is 3.52. The van der Waals surface area contributed by atoms with Crippen LogP contribution in [0.15, 0.2) is 30.5 Å². The van der Waals surface area contributed by atoms with E-state index in [9.17, 15) is 8.42 Å². The van der Waals surface area contributed by atoms with Crippen molar-refractivity contribution in [1.29, 1.82) is 0 Å². The highest BCUT2D eigenvalue weighted by molar-refractivity contribution is 7.90. The first-order chi connectivity index (χ1) is 16.2. The van der Waals surface area contributed by atoms with E-state index in [0.717, 1.165) is 57.3 Å². The molecule has 0 saturated heterocycles. The van der Waals surface area contributed by atoms with Gasteiger partial charge in [0.2, 0.25) is 10.0 Å². The fraction of sp³-hybridized carbons (Fsp3) is 0.333. The maximum atomic E-state index is 12.7. The topological polar surface area (TPSA) is 91.0 Å². The van der Waals surface area contributed by atoms with E-state index in [4.69, 9.17) is 16.3 Å². The number of benzene rings is 2. The van der Waals surface area contributed by atoms with E-state index in [1.54, 1.807) is 13.1 Å². The molecule has 0 radical (unpaired) electrons. The third-order valence-electron chi connectivity index (χ3n) is 6.74. The lowest BCUT2D eigenvalue weighted by Gasteiger charge is -2.36. The predicted octanol–water partition coefficient (Wildman–Crippen LogP) is 4.64. The molecule has 4 heterocycles. The van der Waals surface area contributed by atoms with E-state index in [2.05, 4.69) is 29.4 Å². The molecule has 1 N–H and O–H groups in total. The summed E-state index contributed by atoms with van der Waals surface area (Å²) in [6.45, 7) is 8.24. The molecule has 0 spiro atoms. The zero-order valence-corrected chi connectivity index (χ0v) is 20.9. The zero-order valence-electron chi connectivity index (χ0n) is 19.3. The fourth-order valence-electron chi connectivity index (χ4n) is 5.12. The molecule has 0 saturated carbocycles. The van der Waals surface area contributed by atoms with Crippen LogP contribution in [-0.2, 0) is 22.0 Å². The van der Waals surface area contributed by atoms with Gasteiger partial charge in [-0.2, -0.15) is 0 Å². The van der Waals surface area contributed by atoms with Crippen molar-refractivity contribution in [3.63, 3.8) is 0 Å². The quantitative estimate of drug-likeness (QED) is 0.443. The number of ether oxygens (including phenoxy) is 1. The third-order valence-corrected chi connectivity index (χ3v) is 8.76. The molecule has 0 unspecified atom stereocenters. The lowest BCUT2D eigenvalue weighted by Crippen LogP contribution is -2.36. The summed E-state index contributed by atoms with van der Waals surface area (Å²) in [4.78, 5) is 0. The highest BCUT2D eigenvalue weighted by Gasteiger charge is 2.40.